The Kier molecular flexibility index (Phi) is 5.36. The number of pyridine rings is 2. The number of aromatic nitrogens is 3. The van der Waals surface area contributed by atoms with Crippen LogP contribution in [0.15, 0.2) is 29.2 Å². The maximum atomic E-state index is 13.0. The number of carbonyl (C=O) groups excluding carboxylic acids is 1. The lowest BCUT2D eigenvalue weighted by Gasteiger charge is -2.14. The molecule has 8 nitrogen and oxygen atoms in total. The van der Waals surface area contributed by atoms with E-state index in [1.165, 1.54) is 17.5 Å². The summed E-state index contributed by atoms with van der Waals surface area (Å²) in [6.45, 7) is 5.38. The molecular weight excluding hydrogens is 346 g/mol. The van der Waals surface area contributed by atoms with Crippen LogP contribution in [0, 0.1) is 12.3 Å². The minimum Gasteiger partial charge on any atom is -0.382 e. The van der Waals surface area contributed by atoms with Gasteiger partial charge in [0.1, 0.15) is 16.8 Å². The van der Waals surface area contributed by atoms with Crippen LogP contribution in [-0.4, -0.2) is 40.1 Å². The highest BCUT2D eigenvalue weighted by atomic mass is 16.5. The number of hydrogen-bond donors (Lipinski definition) is 2. The van der Waals surface area contributed by atoms with E-state index in [0.29, 0.717) is 42.9 Å². The average Bonchev–Trinajstić information content (AvgIpc) is 2.66. The van der Waals surface area contributed by atoms with E-state index >= 15 is 0 Å². The first-order chi connectivity index (χ1) is 13.0. The number of nitrogens with one attached hydrogen (secondary N) is 2. The highest BCUT2D eigenvalue weighted by Crippen LogP contribution is 2.11. The minimum atomic E-state index is -0.408. The van der Waals surface area contributed by atoms with Gasteiger partial charge in [0.2, 0.25) is 0 Å². The molecular formula is C19H23N5O3. The summed E-state index contributed by atoms with van der Waals surface area (Å²) in [6, 6.07) is 5.12. The zero-order chi connectivity index (χ0) is 19.6. The first-order valence-corrected chi connectivity index (χ1v) is 8.89. The Morgan fingerprint density at radius 3 is 2.85 bits per heavy atom. The van der Waals surface area contributed by atoms with Crippen molar-refractivity contribution in [1.82, 2.24) is 19.3 Å². The third-order valence-electron chi connectivity index (χ3n) is 4.40. The van der Waals surface area contributed by atoms with Gasteiger partial charge in [-0.2, -0.15) is 0 Å². The highest BCUT2D eigenvalue weighted by Gasteiger charge is 2.16. The lowest BCUT2D eigenvalue weighted by Crippen LogP contribution is -2.34. The normalized spacial score (nSPS) is 11.2. The molecule has 0 saturated carbocycles. The van der Waals surface area contributed by atoms with E-state index in [9.17, 15) is 9.59 Å². The third-order valence-corrected chi connectivity index (χ3v) is 4.40. The van der Waals surface area contributed by atoms with Crippen molar-refractivity contribution in [2.45, 2.75) is 26.8 Å². The van der Waals surface area contributed by atoms with Crippen LogP contribution < -0.4 is 16.4 Å². The van der Waals surface area contributed by atoms with E-state index in [4.69, 9.17) is 10.1 Å². The Morgan fingerprint density at radius 2 is 2.15 bits per heavy atom. The SMILES string of the molecule is CCOCCCn1c(=N)c(C(=O)NC)cc2c(=O)n3cc(C)ccc3nc21. The highest BCUT2D eigenvalue weighted by molar-refractivity contribution is 5.96. The van der Waals surface area contributed by atoms with E-state index in [-0.39, 0.29) is 16.6 Å². The van der Waals surface area contributed by atoms with Gasteiger partial charge in [0.05, 0.1) is 10.9 Å². The van der Waals surface area contributed by atoms with Gasteiger partial charge >= 0.3 is 0 Å². The fourth-order valence-corrected chi connectivity index (χ4v) is 3.04. The van der Waals surface area contributed by atoms with E-state index < -0.39 is 5.91 Å². The molecule has 0 aliphatic rings. The van der Waals surface area contributed by atoms with Gasteiger partial charge < -0.3 is 14.6 Å². The molecule has 0 atom stereocenters. The van der Waals surface area contributed by atoms with Gasteiger partial charge in [-0.3, -0.25) is 19.4 Å². The van der Waals surface area contributed by atoms with Gasteiger partial charge in [-0.15, -0.1) is 0 Å². The molecule has 3 heterocycles. The molecule has 1 amide bonds. The van der Waals surface area contributed by atoms with Gasteiger partial charge in [-0.05, 0) is 38.0 Å². The van der Waals surface area contributed by atoms with Crippen LogP contribution in [0.1, 0.15) is 29.3 Å². The van der Waals surface area contributed by atoms with Crippen LogP contribution in [0.2, 0.25) is 0 Å². The molecule has 0 bridgehead atoms. The second-order valence-corrected chi connectivity index (χ2v) is 6.28. The number of nitrogens with zero attached hydrogens (tertiary/aromatic N) is 3. The maximum Gasteiger partial charge on any atom is 0.267 e. The quantitative estimate of drug-likeness (QED) is 0.504. The molecule has 27 heavy (non-hydrogen) atoms. The Bertz CT molecular complexity index is 1130. The monoisotopic (exact) mass is 369 g/mol. The summed E-state index contributed by atoms with van der Waals surface area (Å²) in [7, 11) is 1.50. The average molecular weight is 369 g/mol. The largest absolute Gasteiger partial charge is 0.382 e. The zero-order valence-electron chi connectivity index (χ0n) is 15.7. The van der Waals surface area contributed by atoms with Crippen molar-refractivity contribution in [2.75, 3.05) is 20.3 Å². The molecule has 8 heteroatoms. The third kappa shape index (κ3) is 3.48. The molecule has 3 aromatic rings. The molecule has 3 aromatic heterocycles. The van der Waals surface area contributed by atoms with Gasteiger partial charge in [0, 0.05) is 33.0 Å². The fraction of sp³-hybridized carbons (Fsp3) is 0.368. The molecule has 2 N–H and O–H groups in total. The number of hydrogen-bond acceptors (Lipinski definition) is 5. The van der Waals surface area contributed by atoms with Crippen LogP contribution >= 0.6 is 0 Å². The Balaban J connectivity index is 2.31. The minimum absolute atomic E-state index is 0.0294. The lowest BCUT2D eigenvalue weighted by molar-refractivity contribution is 0.0960. The van der Waals surface area contributed by atoms with Crippen molar-refractivity contribution in [3.8, 4) is 0 Å². The first kappa shape index (κ1) is 18.8. The first-order valence-electron chi connectivity index (χ1n) is 8.89. The van der Waals surface area contributed by atoms with Gasteiger partial charge in [0.15, 0.2) is 0 Å². The second kappa shape index (κ2) is 7.71. The van der Waals surface area contributed by atoms with Crippen molar-refractivity contribution < 1.29 is 9.53 Å². The topological polar surface area (TPSA) is 101 Å². The van der Waals surface area contributed by atoms with Crippen LogP contribution in [-0.2, 0) is 11.3 Å². The van der Waals surface area contributed by atoms with E-state index in [0.717, 1.165) is 5.56 Å². The van der Waals surface area contributed by atoms with E-state index in [2.05, 4.69) is 10.3 Å². The van der Waals surface area contributed by atoms with Crippen LogP contribution in [0.3, 0.4) is 0 Å². The molecule has 0 unspecified atom stereocenters. The predicted octanol–water partition coefficient (Wildman–Crippen LogP) is 1.22. The molecule has 3 rings (SSSR count). The van der Waals surface area contributed by atoms with Crippen molar-refractivity contribution in [3.05, 3.63) is 51.4 Å². The number of ether oxygens (including phenoxy) is 1. The number of fused-ring (bicyclic) bond motifs is 2. The summed E-state index contributed by atoms with van der Waals surface area (Å²) >= 11 is 0. The van der Waals surface area contributed by atoms with Crippen LogP contribution in [0.5, 0.6) is 0 Å². The van der Waals surface area contributed by atoms with E-state index in [1.54, 1.807) is 16.8 Å². The molecule has 0 fully saturated rings. The standard InChI is InChI=1S/C19H23N5O3/c1-4-27-9-5-8-23-16(20)13(18(25)21-3)10-14-17(23)22-15-7-6-12(2)11-24(15)19(14)26/h6-7,10-11,20H,4-5,8-9H2,1-3H3,(H,21,25). The van der Waals surface area contributed by atoms with Crippen molar-refractivity contribution in [1.29, 1.82) is 5.41 Å². The maximum absolute atomic E-state index is 13.0. The fourth-order valence-electron chi connectivity index (χ4n) is 3.04. The van der Waals surface area contributed by atoms with Crippen molar-refractivity contribution >= 4 is 22.6 Å². The lowest BCUT2D eigenvalue weighted by atomic mass is 10.2. The molecule has 0 aliphatic carbocycles. The molecule has 0 radical (unpaired) electrons. The number of amides is 1. The molecule has 0 aromatic carbocycles. The molecule has 0 spiro atoms. The summed E-state index contributed by atoms with van der Waals surface area (Å²) < 4.78 is 8.46. The second-order valence-electron chi connectivity index (χ2n) is 6.28. The smallest absolute Gasteiger partial charge is 0.267 e. The van der Waals surface area contributed by atoms with Gasteiger partial charge in [-0.25, -0.2) is 4.98 Å². The van der Waals surface area contributed by atoms with Gasteiger partial charge in [0.25, 0.3) is 11.5 Å². The van der Waals surface area contributed by atoms with Crippen LogP contribution in [0.4, 0.5) is 0 Å². The van der Waals surface area contributed by atoms with Crippen molar-refractivity contribution in [3.63, 3.8) is 0 Å². The summed E-state index contributed by atoms with van der Waals surface area (Å²) in [5.74, 6) is -0.408. The Hall–Kier alpha value is -3.00. The summed E-state index contributed by atoms with van der Waals surface area (Å²) in [4.78, 5) is 29.9. The summed E-state index contributed by atoms with van der Waals surface area (Å²) in [5.41, 5.74) is 1.75. The summed E-state index contributed by atoms with van der Waals surface area (Å²) in [6.07, 6.45) is 2.36. The molecule has 0 saturated heterocycles. The molecule has 0 aliphatic heterocycles. The zero-order valence-corrected chi connectivity index (χ0v) is 15.7. The Morgan fingerprint density at radius 1 is 1.37 bits per heavy atom. The van der Waals surface area contributed by atoms with Crippen molar-refractivity contribution in [2.24, 2.45) is 0 Å². The number of carbonyl (C=O) groups is 1. The number of aryl methyl sites for hydroxylation is 2. The number of rotatable bonds is 6. The predicted molar refractivity (Wildman–Crippen MR) is 102 cm³/mol. The van der Waals surface area contributed by atoms with E-state index in [1.807, 2.05) is 19.9 Å². The Labute approximate surface area is 155 Å². The summed E-state index contributed by atoms with van der Waals surface area (Å²) in [5, 5.41) is 11.3. The van der Waals surface area contributed by atoms with Crippen LogP contribution in [0.25, 0.3) is 16.7 Å². The molecule has 142 valence electrons. The van der Waals surface area contributed by atoms with Gasteiger partial charge in [-0.1, -0.05) is 6.07 Å².